The highest BCUT2D eigenvalue weighted by Crippen LogP contribution is 2.40. The SMILES string of the molecule is COc1ccc2c(c1)CN(C(=O)OC(C)(C)C)[C@H]1CCC=C[C@@H]21. The fraction of sp³-hybridized carbons (Fsp3) is 0.526. The third kappa shape index (κ3) is 3.21. The minimum absolute atomic E-state index is 0.177. The number of benzene rings is 1. The zero-order valence-electron chi connectivity index (χ0n) is 14.3. The Bertz CT molecular complexity index is 630. The molecule has 1 aliphatic carbocycles. The number of nitrogens with zero attached hydrogens (tertiary/aromatic N) is 1. The Morgan fingerprint density at radius 3 is 2.78 bits per heavy atom. The van der Waals surface area contributed by atoms with Crippen LogP contribution in [0.2, 0.25) is 0 Å². The summed E-state index contributed by atoms with van der Waals surface area (Å²) in [6.45, 7) is 6.30. The summed E-state index contributed by atoms with van der Waals surface area (Å²) in [4.78, 5) is 14.6. The monoisotopic (exact) mass is 315 g/mol. The number of ether oxygens (including phenoxy) is 2. The normalized spacial score (nSPS) is 23.0. The molecule has 0 fully saturated rings. The first-order valence-electron chi connectivity index (χ1n) is 8.22. The molecule has 2 aliphatic rings. The average molecular weight is 315 g/mol. The zero-order chi connectivity index (χ0) is 16.6. The molecule has 1 aromatic carbocycles. The van der Waals surface area contributed by atoms with Gasteiger partial charge >= 0.3 is 6.09 Å². The van der Waals surface area contributed by atoms with E-state index in [0.29, 0.717) is 6.54 Å². The summed E-state index contributed by atoms with van der Waals surface area (Å²) in [5.41, 5.74) is 1.96. The van der Waals surface area contributed by atoms with Gasteiger partial charge in [0.25, 0.3) is 0 Å². The minimum atomic E-state index is -0.480. The van der Waals surface area contributed by atoms with Gasteiger partial charge in [-0.3, -0.25) is 4.90 Å². The number of allylic oxidation sites excluding steroid dienone is 1. The molecule has 1 amide bonds. The van der Waals surface area contributed by atoms with Crippen LogP contribution in [-0.4, -0.2) is 29.7 Å². The topological polar surface area (TPSA) is 38.8 Å². The molecule has 0 spiro atoms. The lowest BCUT2D eigenvalue weighted by atomic mass is 9.78. The molecule has 1 aromatic rings. The van der Waals surface area contributed by atoms with Gasteiger partial charge in [0.15, 0.2) is 0 Å². The van der Waals surface area contributed by atoms with E-state index in [9.17, 15) is 4.79 Å². The summed E-state index contributed by atoms with van der Waals surface area (Å²) in [7, 11) is 1.67. The van der Waals surface area contributed by atoms with Gasteiger partial charge in [-0.1, -0.05) is 18.2 Å². The molecule has 0 N–H and O–H groups in total. The second-order valence-electron chi connectivity index (χ2n) is 7.27. The van der Waals surface area contributed by atoms with Crippen LogP contribution in [0.25, 0.3) is 0 Å². The standard InChI is InChI=1S/C19H25NO3/c1-19(2,3)23-18(21)20-12-13-11-14(22-4)9-10-15(13)16-7-5-6-8-17(16)20/h5,7,9-11,16-17H,6,8,12H2,1-4H3/t16-,17-/m0/s1. The fourth-order valence-electron chi connectivity index (χ4n) is 3.47. The molecule has 124 valence electrons. The van der Waals surface area contributed by atoms with E-state index >= 15 is 0 Å². The van der Waals surface area contributed by atoms with Gasteiger partial charge in [0.2, 0.25) is 0 Å². The van der Waals surface area contributed by atoms with Crippen LogP contribution in [-0.2, 0) is 11.3 Å². The van der Waals surface area contributed by atoms with Crippen molar-refractivity contribution in [1.29, 1.82) is 0 Å². The van der Waals surface area contributed by atoms with Gasteiger partial charge in [-0.2, -0.15) is 0 Å². The summed E-state index contributed by atoms with van der Waals surface area (Å²) in [6, 6.07) is 6.34. The number of carbonyl (C=O) groups excluding carboxylic acids is 1. The van der Waals surface area contributed by atoms with E-state index in [0.717, 1.165) is 24.2 Å². The van der Waals surface area contributed by atoms with E-state index in [1.54, 1.807) is 7.11 Å². The maximum atomic E-state index is 12.7. The largest absolute Gasteiger partial charge is 0.497 e. The Labute approximate surface area is 138 Å². The average Bonchev–Trinajstić information content (AvgIpc) is 2.51. The van der Waals surface area contributed by atoms with Gasteiger partial charge in [0.1, 0.15) is 11.4 Å². The second-order valence-corrected chi connectivity index (χ2v) is 7.27. The van der Waals surface area contributed by atoms with Crippen LogP contribution in [0.3, 0.4) is 0 Å². The Hall–Kier alpha value is -1.97. The lowest BCUT2D eigenvalue weighted by Crippen LogP contribution is -2.48. The van der Waals surface area contributed by atoms with E-state index in [-0.39, 0.29) is 18.1 Å². The van der Waals surface area contributed by atoms with Gasteiger partial charge in [0.05, 0.1) is 7.11 Å². The number of fused-ring (bicyclic) bond motifs is 3. The van der Waals surface area contributed by atoms with Gasteiger partial charge < -0.3 is 9.47 Å². The van der Waals surface area contributed by atoms with E-state index in [2.05, 4.69) is 18.2 Å². The first kappa shape index (κ1) is 15.9. The van der Waals surface area contributed by atoms with Crippen molar-refractivity contribution in [3.63, 3.8) is 0 Å². The summed E-state index contributed by atoms with van der Waals surface area (Å²) in [5.74, 6) is 1.07. The van der Waals surface area contributed by atoms with Crippen molar-refractivity contribution in [2.45, 2.75) is 57.7 Å². The quantitative estimate of drug-likeness (QED) is 0.727. The van der Waals surface area contributed by atoms with Gasteiger partial charge in [-0.25, -0.2) is 4.79 Å². The molecule has 1 heterocycles. The van der Waals surface area contributed by atoms with E-state index in [1.165, 1.54) is 5.56 Å². The highest BCUT2D eigenvalue weighted by atomic mass is 16.6. The van der Waals surface area contributed by atoms with Crippen LogP contribution in [0.1, 0.15) is 50.7 Å². The summed E-state index contributed by atoms with van der Waals surface area (Å²) in [5, 5.41) is 0. The number of amides is 1. The number of hydrogen-bond acceptors (Lipinski definition) is 3. The predicted octanol–water partition coefficient (Wildman–Crippen LogP) is 4.25. The van der Waals surface area contributed by atoms with Crippen LogP contribution >= 0.6 is 0 Å². The molecule has 0 saturated heterocycles. The van der Waals surface area contributed by atoms with Crippen LogP contribution in [0.15, 0.2) is 30.4 Å². The molecule has 0 saturated carbocycles. The molecule has 23 heavy (non-hydrogen) atoms. The Morgan fingerprint density at radius 2 is 2.09 bits per heavy atom. The molecule has 0 radical (unpaired) electrons. The highest BCUT2D eigenvalue weighted by Gasteiger charge is 2.39. The molecule has 1 aliphatic heterocycles. The van der Waals surface area contributed by atoms with Crippen molar-refractivity contribution >= 4 is 6.09 Å². The van der Waals surface area contributed by atoms with Crippen molar-refractivity contribution in [1.82, 2.24) is 4.90 Å². The molecule has 0 aromatic heterocycles. The van der Waals surface area contributed by atoms with E-state index in [4.69, 9.17) is 9.47 Å². The molecule has 3 rings (SSSR count). The first-order chi connectivity index (χ1) is 10.9. The van der Waals surface area contributed by atoms with Crippen molar-refractivity contribution in [2.24, 2.45) is 0 Å². The third-order valence-electron chi connectivity index (χ3n) is 4.47. The number of carbonyl (C=O) groups is 1. The van der Waals surface area contributed by atoms with Crippen LogP contribution in [0.5, 0.6) is 5.75 Å². The molecule has 4 heteroatoms. The summed E-state index contributed by atoms with van der Waals surface area (Å²) in [6.07, 6.45) is 6.21. The van der Waals surface area contributed by atoms with Gasteiger partial charge in [-0.05, 0) is 56.9 Å². The number of hydrogen-bond donors (Lipinski definition) is 0. The number of rotatable bonds is 1. The molecule has 4 nitrogen and oxygen atoms in total. The Balaban J connectivity index is 1.96. The maximum Gasteiger partial charge on any atom is 0.410 e. The summed E-state index contributed by atoms with van der Waals surface area (Å²) < 4.78 is 11.0. The lowest BCUT2D eigenvalue weighted by Gasteiger charge is -2.43. The van der Waals surface area contributed by atoms with E-state index < -0.39 is 5.60 Å². The Morgan fingerprint density at radius 1 is 1.30 bits per heavy atom. The van der Waals surface area contributed by atoms with Crippen LogP contribution in [0.4, 0.5) is 4.79 Å². The fourth-order valence-corrected chi connectivity index (χ4v) is 3.47. The van der Waals surface area contributed by atoms with Crippen molar-refractivity contribution in [3.05, 3.63) is 41.5 Å². The van der Waals surface area contributed by atoms with Crippen LogP contribution < -0.4 is 4.74 Å². The molecule has 2 atom stereocenters. The Kier molecular flexibility index (Phi) is 4.09. The highest BCUT2D eigenvalue weighted by molar-refractivity contribution is 5.70. The number of methoxy groups -OCH3 is 1. The smallest absolute Gasteiger partial charge is 0.410 e. The molecule has 0 bridgehead atoms. The zero-order valence-corrected chi connectivity index (χ0v) is 14.3. The van der Waals surface area contributed by atoms with Crippen molar-refractivity contribution < 1.29 is 14.3 Å². The van der Waals surface area contributed by atoms with Gasteiger partial charge in [0, 0.05) is 18.5 Å². The van der Waals surface area contributed by atoms with E-state index in [1.807, 2.05) is 37.8 Å². The van der Waals surface area contributed by atoms with Gasteiger partial charge in [-0.15, -0.1) is 0 Å². The second kappa shape index (κ2) is 5.91. The molecule has 0 unspecified atom stereocenters. The predicted molar refractivity (Wildman–Crippen MR) is 89.7 cm³/mol. The maximum absolute atomic E-state index is 12.7. The first-order valence-corrected chi connectivity index (χ1v) is 8.22. The summed E-state index contributed by atoms with van der Waals surface area (Å²) >= 11 is 0. The van der Waals surface area contributed by atoms with Crippen molar-refractivity contribution in [2.75, 3.05) is 7.11 Å². The molecular weight excluding hydrogens is 290 g/mol. The van der Waals surface area contributed by atoms with Crippen molar-refractivity contribution in [3.8, 4) is 5.75 Å². The third-order valence-corrected chi connectivity index (χ3v) is 4.47. The van der Waals surface area contributed by atoms with Crippen LogP contribution in [0, 0.1) is 0 Å². The minimum Gasteiger partial charge on any atom is -0.497 e. The lowest BCUT2D eigenvalue weighted by molar-refractivity contribution is 0.00861. The molecular formula is C19H25NO3.